The van der Waals surface area contributed by atoms with Gasteiger partial charge in [-0.3, -0.25) is 14.5 Å². The van der Waals surface area contributed by atoms with Crippen LogP contribution in [0.25, 0.3) is 6.08 Å². The number of halogens is 2. The van der Waals surface area contributed by atoms with Gasteiger partial charge in [-0.2, -0.15) is 5.10 Å². The lowest BCUT2D eigenvalue weighted by Gasteiger charge is -2.13. The van der Waals surface area contributed by atoms with Crippen LogP contribution in [0.15, 0.2) is 97.0 Å². The second-order valence-corrected chi connectivity index (χ2v) is 11.4. The topological polar surface area (TPSA) is 135 Å². The molecular formula is C32H26BrFN4O7S. The third kappa shape index (κ3) is 7.95. The number of carbonyl (C=O) groups is 2. The van der Waals surface area contributed by atoms with Crippen LogP contribution in [0.5, 0.6) is 23.0 Å². The highest BCUT2D eigenvalue weighted by molar-refractivity contribution is 9.10. The molecular weight excluding hydrogens is 683 g/mol. The molecule has 0 radical (unpaired) electrons. The van der Waals surface area contributed by atoms with Gasteiger partial charge in [0, 0.05) is 21.3 Å². The van der Waals surface area contributed by atoms with Crippen LogP contribution in [-0.2, 0) is 16.1 Å². The Bertz CT molecular complexity index is 1800. The molecule has 1 fully saturated rings. The van der Waals surface area contributed by atoms with Crippen molar-refractivity contribution in [3.63, 3.8) is 0 Å². The zero-order chi connectivity index (χ0) is 32.6. The van der Waals surface area contributed by atoms with Crippen molar-refractivity contribution >= 4 is 62.7 Å². The molecule has 11 nitrogen and oxygen atoms in total. The number of ether oxygens (including phenoxy) is 3. The summed E-state index contributed by atoms with van der Waals surface area (Å²) in [6.45, 7) is -0.216. The maximum Gasteiger partial charge on any atom is 0.267 e. The fourth-order valence-corrected chi connectivity index (χ4v) is 5.50. The number of amides is 2. The molecule has 0 atom stereocenters. The lowest BCUT2D eigenvalue weighted by Crippen LogP contribution is -2.28. The largest absolute Gasteiger partial charge is 0.502 e. The third-order valence-corrected chi connectivity index (χ3v) is 7.87. The first kappa shape index (κ1) is 32.3. The Kier molecular flexibility index (Phi) is 10.4. The average Bonchev–Trinajstić information content (AvgIpc) is 3.66. The molecule has 4 aromatic rings. The first-order chi connectivity index (χ1) is 22.2. The quantitative estimate of drug-likeness (QED) is 0.103. The van der Waals surface area contributed by atoms with Gasteiger partial charge in [0.15, 0.2) is 23.3 Å². The van der Waals surface area contributed by atoms with Gasteiger partial charge in [-0.15, -0.1) is 5.10 Å². The molecule has 0 bridgehead atoms. The first-order valence-corrected chi connectivity index (χ1v) is 15.1. The van der Waals surface area contributed by atoms with Crippen LogP contribution in [0.3, 0.4) is 0 Å². The maximum atomic E-state index is 13.6. The van der Waals surface area contributed by atoms with Crippen LogP contribution in [0.4, 0.5) is 10.1 Å². The lowest BCUT2D eigenvalue weighted by molar-refractivity contribution is -0.122. The number of phenolic OH excluding ortho intramolecular Hbond substituents is 1. The van der Waals surface area contributed by atoms with Crippen LogP contribution >= 0.6 is 27.7 Å². The van der Waals surface area contributed by atoms with Crippen LogP contribution < -0.4 is 19.5 Å². The Morgan fingerprint density at radius 1 is 1.09 bits per heavy atom. The van der Waals surface area contributed by atoms with Crippen molar-refractivity contribution in [1.29, 1.82) is 0 Å². The summed E-state index contributed by atoms with van der Waals surface area (Å²) >= 11 is 4.55. The normalized spacial score (nSPS) is 14.8. The van der Waals surface area contributed by atoms with Gasteiger partial charge in [-0.1, -0.05) is 15.9 Å². The van der Waals surface area contributed by atoms with E-state index in [1.54, 1.807) is 48.5 Å². The number of nitrogens with one attached hydrogen (secondary N) is 1. The van der Waals surface area contributed by atoms with Crippen molar-refractivity contribution < 1.29 is 37.7 Å². The molecule has 0 unspecified atom stereocenters. The number of furan rings is 1. The molecule has 1 aliphatic heterocycles. The van der Waals surface area contributed by atoms with Crippen LogP contribution in [0.2, 0.25) is 0 Å². The van der Waals surface area contributed by atoms with Crippen molar-refractivity contribution in [1.82, 2.24) is 4.90 Å². The number of methoxy groups -OCH3 is 2. The molecule has 1 aromatic heterocycles. The van der Waals surface area contributed by atoms with E-state index in [4.69, 9.17) is 18.6 Å². The van der Waals surface area contributed by atoms with Crippen molar-refractivity contribution in [2.75, 3.05) is 26.1 Å². The minimum absolute atomic E-state index is 0.108. The van der Waals surface area contributed by atoms with Gasteiger partial charge in [0.1, 0.15) is 17.3 Å². The van der Waals surface area contributed by atoms with Crippen molar-refractivity contribution in [2.24, 2.45) is 10.2 Å². The highest BCUT2D eigenvalue weighted by Crippen LogP contribution is 2.38. The fraction of sp³-hybridized carbons (Fsp3) is 0.125. The van der Waals surface area contributed by atoms with Gasteiger partial charge in [-0.05, 0) is 84.6 Å². The van der Waals surface area contributed by atoms with Gasteiger partial charge in [0.05, 0.1) is 38.1 Å². The number of carbonyl (C=O) groups excluding carboxylic acids is 2. The molecule has 3 aromatic carbocycles. The van der Waals surface area contributed by atoms with Gasteiger partial charge < -0.3 is 29.1 Å². The summed E-state index contributed by atoms with van der Waals surface area (Å²) in [5.74, 6) is -0.0552. The smallest absolute Gasteiger partial charge is 0.267 e. The predicted octanol–water partition coefficient (Wildman–Crippen LogP) is 6.43. The van der Waals surface area contributed by atoms with Crippen LogP contribution in [0, 0.1) is 5.82 Å². The summed E-state index contributed by atoms with van der Waals surface area (Å²) in [6.07, 6.45) is 4.59. The number of nitrogens with zero attached hydrogens (tertiary/aromatic N) is 3. The number of rotatable bonds is 11. The lowest BCUT2D eigenvalue weighted by atomic mass is 10.2. The molecule has 0 spiro atoms. The number of anilines is 1. The maximum absolute atomic E-state index is 13.6. The van der Waals surface area contributed by atoms with E-state index >= 15 is 0 Å². The summed E-state index contributed by atoms with van der Waals surface area (Å²) in [5, 5.41) is 21.6. The summed E-state index contributed by atoms with van der Waals surface area (Å²) in [5.41, 5.74) is 1.50. The Labute approximate surface area is 275 Å². The highest BCUT2D eigenvalue weighted by Gasteiger charge is 2.34. The van der Waals surface area contributed by atoms with E-state index < -0.39 is 11.7 Å². The molecule has 1 saturated heterocycles. The Morgan fingerprint density at radius 2 is 1.83 bits per heavy atom. The number of aromatic hydroxyl groups is 1. The van der Waals surface area contributed by atoms with E-state index in [0.717, 1.165) is 16.2 Å². The molecule has 0 aliphatic carbocycles. The van der Waals surface area contributed by atoms with Gasteiger partial charge in [0.2, 0.25) is 5.75 Å². The number of phenols is 1. The zero-order valence-electron chi connectivity index (χ0n) is 24.4. The standard InChI is InChI=1S/C32H26BrFN4O7S/c1-42-26-12-19(13-27(43-2)30(26)40)16-35-37-32-38(17-24-4-3-11-44-24)31(41)28(46-32)15-20-14-21(33)5-10-25(20)45-18-29(39)36-23-8-6-22(34)7-9-23/h3-16,40H,17-18H2,1-2H3,(H,36,39)/b28-15-,35-16+,37-32-. The zero-order valence-corrected chi connectivity index (χ0v) is 26.8. The SMILES string of the molecule is COc1cc(/C=N/N=C2\S/C(=C\c3cc(Br)ccc3OCC(=O)Nc3ccc(F)cc3)C(=O)N2Cc2ccco2)cc(OC)c1O. The molecule has 2 amide bonds. The van der Waals surface area contributed by atoms with Crippen molar-refractivity contribution in [3.05, 3.63) is 105 Å². The minimum atomic E-state index is -0.444. The molecule has 5 rings (SSSR count). The number of thioether (sulfide) groups is 1. The summed E-state index contributed by atoms with van der Waals surface area (Å²) in [7, 11) is 2.84. The molecule has 2 heterocycles. The second-order valence-electron chi connectivity index (χ2n) is 9.51. The Hall–Kier alpha value is -5.08. The summed E-state index contributed by atoms with van der Waals surface area (Å²) in [4.78, 5) is 27.9. The second kappa shape index (κ2) is 14.8. The molecule has 14 heteroatoms. The van der Waals surface area contributed by atoms with Crippen LogP contribution in [-0.4, -0.2) is 54.0 Å². The minimum Gasteiger partial charge on any atom is -0.502 e. The molecule has 2 N–H and O–H groups in total. The molecule has 0 saturated carbocycles. The fourth-order valence-electron chi connectivity index (χ4n) is 4.19. The predicted molar refractivity (Wildman–Crippen MR) is 176 cm³/mol. The van der Waals surface area contributed by atoms with E-state index in [0.29, 0.717) is 33.2 Å². The van der Waals surface area contributed by atoms with Crippen molar-refractivity contribution in [2.45, 2.75) is 6.54 Å². The summed E-state index contributed by atoms with van der Waals surface area (Å²) < 4.78 is 35.6. The van der Waals surface area contributed by atoms with E-state index in [9.17, 15) is 19.1 Å². The Morgan fingerprint density at radius 3 is 2.50 bits per heavy atom. The number of hydrogen-bond donors (Lipinski definition) is 2. The third-order valence-electron chi connectivity index (χ3n) is 6.38. The number of amidine groups is 1. The van der Waals surface area contributed by atoms with E-state index in [-0.39, 0.29) is 41.5 Å². The highest BCUT2D eigenvalue weighted by atomic mass is 79.9. The number of hydrogen-bond acceptors (Lipinski definition) is 10. The molecule has 1 aliphatic rings. The first-order valence-electron chi connectivity index (χ1n) is 13.5. The van der Waals surface area contributed by atoms with Crippen molar-refractivity contribution in [3.8, 4) is 23.0 Å². The van der Waals surface area contributed by atoms with Gasteiger partial charge in [0.25, 0.3) is 11.8 Å². The molecule has 46 heavy (non-hydrogen) atoms. The number of benzene rings is 3. The monoisotopic (exact) mass is 708 g/mol. The van der Waals surface area contributed by atoms with E-state index in [1.165, 1.54) is 55.9 Å². The molecule has 236 valence electrons. The van der Waals surface area contributed by atoms with E-state index in [2.05, 4.69) is 31.4 Å². The summed E-state index contributed by atoms with van der Waals surface area (Å²) in [6, 6.07) is 17.1. The van der Waals surface area contributed by atoms with Gasteiger partial charge in [-0.25, -0.2) is 4.39 Å². The Balaban J connectivity index is 1.39. The van der Waals surface area contributed by atoms with E-state index in [1.807, 2.05) is 0 Å². The average molecular weight is 710 g/mol. The van der Waals surface area contributed by atoms with Gasteiger partial charge >= 0.3 is 0 Å². The van der Waals surface area contributed by atoms with Crippen LogP contribution in [0.1, 0.15) is 16.9 Å².